The second kappa shape index (κ2) is 11.2. The third kappa shape index (κ3) is 5.92. The summed E-state index contributed by atoms with van der Waals surface area (Å²) >= 11 is 12.0. The number of nitrogens with zero attached hydrogens (tertiary/aromatic N) is 2. The van der Waals surface area contributed by atoms with Crippen molar-refractivity contribution in [1.82, 2.24) is 15.1 Å². The van der Waals surface area contributed by atoms with Gasteiger partial charge in [0.2, 0.25) is 0 Å². The van der Waals surface area contributed by atoms with Gasteiger partial charge in [0, 0.05) is 43.2 Å². The van der Waals surface area contributed by atoms with Crippen LogP contribution in [0.25, 0.3) is 10.8 Å². The number of fused-ring (bicyclic) bond motifs is 1. The molecule has 2 saturated heterocycles. The van der Waals surface area contributed by atoms with Crippen molar-refractivity contribution in [3.63, 3.8) is 0 Å². The maximum absolute atomic E-state index is 12.7. The van der Waals surface area contributed by atoms with E-state index in [1.165, 1.54) is 36.9 Å². The second-order valence-electron chi connectivity index (χ2n) is 9.49. The zero-order chi connectivity index (χ0) is 24.2. The minimum Gasteiger partial charge on any atom is -0.492 e. The van der Waals surface area contributed by atoms with E-state index >= 15 is 0 Å². The Hall–Kier alpha value is -2.31. The summed E-state index contributed by atoms with van der Waals surface area (Å²) in [5.74, 6) is 0.841. The summed E-state index contributed by atoms with van der Waals surface area (Å²) in [6, 6.07) is 17.9. The van der Waals surface area contributed by atoms with Gasteiger partial charge in [0.1, 0.15) is 12.4 Å². The summed E-state index contributed by atoms with van der Waals surface area (Å²) in [4.78, 5) is 17.5. The standard InChI is InChI=1S/C28H31Cl2N3O2/c29-25-9-7-20(17-26(25)30)28(34)31-22-11-14-33(19-22)18-21-8-10-27(24-6-2-1-5-23(21)24)35-16-15-32-12-3-4-13-32/h1-2,5-10,17,22H,3-4,11-16,18-19H2,(H,31,34)/t22-/m0/s1. The minimum atomic E-state index is -0.115. The minimum absolute atomic E-state index is 0.108. The maximum Gasteiger partial charge on any atom is 0.251 e. The summed E-state index contributed by atoms with van der Waals surface area (Å²) in [5, 5.41) is 6.38. The molecular weight excluding hydrogens is 481 g/mol. The quantitative estimate of drug-likeness (QED) is 0.425. The van der Waals surface area contributed by atoms with Crippen LogP contribution in [0.5, 0.6) is 5.75 Å². The molecule has 1 atom stereocenters. The number of likely N-dealkylation sites (tertiary alicyclic amines) is 2. The SMILES string of the molecule is O=C(N[C@H]1CCN(Cc2ccc(OCCN3CCCC3)c3ccccc23)C1)c1ccc(Cl)c(Cl)c1. The third-order valence-corrected chi connectivity index (χ3v) is 7.76. The van der Waals surface area contributed by atoms with Crippen molar-refractivity contribution in [2.75, 3.05) is 39.3 Å². The zero-order valence-electron chi connectivity index (χ0n) is 19.8. The fraction of sp³-hybridized carbons (Fsp3) is 0.393. The van der Waals surface area contributed by atoms with Crippen LogP contribution in [-0.4, -0.2) is 61.1 Å². The average molecular weight is 512 g/mol. The number of carbonyl (C=O) groups excluding carboxylic acids is 1. The molecule has 2 fully saturated rings. The van der Waals surface area contributed by atoms with Gasteiger partial charge in [-0.3, -0.25) is 14.6 Å². The lowest BCUT2D eigenvalue weighted by atomic mass is 10.0. The molecule has 0 aliphatic carbocycles. The Bertz CT molecular complexity index is 1200. The Morgan fingerprint density at radius 1 is 0.943 bits per heavy atom. The predicted molar refractivity (Wildman–Crippen MR) is 143 cm³/mol. The van der Waals surface area contributed by atoms with Crippen LogP contribution in [0.3, 0.4) is 0 Å². The lowest BCUT2D eigenvalue weighted by molar-refractivity contribution is 0.0937. The first-order valence-electron chi connectivity index (χ1n) is 12.4. The number of carbonyl (C=O) groups is 1. The first-order chi connectivity index (χ1) is 17.1. The highest BCUT2D eigenvalue weighted by atomic mass is 35.5. The Morgan fingerprint density at radius 3 is 2.54 bits per heavy atom. The van der Waals surface area contributed by atoms with Gasteiger partial charge in [0.25, 0.3) is 5.91 Å². The van der Waals surface area contributed by atoms with Crippen molar-refractivity contribution < 1.29 is 9.53 Å². The molecule has 1 amide bonds. The van der Waals surface area contributed by atoms with Gasteiger partial charge >= 0.3 is 0 Å². The monoisotopic (exact) mass is 511 g/mol. The number of hydrogen-bond acceptors (Lipinski definition) is 4. The zero-order valence-corrected chi connectivity index (χ0v) is 21.3. The maximum atomic E-state index is 12.7. The van der Waals surface area contributed by atoms with Crippen molar-refractivity contribution in [2.24, 2.45) is 0 Å². The van der Waals surface area contributed by atoms with Crippen molar-refractivity contribution in [1.29, 1.82) is 0 Å². The van der Waals surface area contributed by atoms with Crippen LogP contribution in [0.1, 0.15) is 35.2 Å². The second-order valence-corrected chi connectivity index (χ2v) is 10.3. The van der Waals surface area contributed by atoms with Crippen LogP contribution in [0.15, 0.2) is 54.6 Å². The fourth-order valence-electron chi connectivity index (χ4n) is 5.13. The molecule has 35 heavy (non-hydrogen) atoms. The van der Waals surface area contributed by atoms with Gasteiger partial charge in [0.05, 0.1) is 10.0 Å². The Morgan fingerprint density at radius 2 is 1.74 bits per heavy atom. The normalized spacial score (nSPS) is 18.9. The number of rotatable bonds is 8. The van der Waals surface area contributed by atoms with Crippen LogP contribution < -0.4 is 10.1 Å². The number of benzene rings is 3. The van der Waals surface area contributed by atoms with Gasteiger partial charge in [-0.25, -0.2) is 0 Å². The molecule has 2 heterocycles. The van der Waals surface area contributed by atoms with E-state index in [9.17, 15) is 4.79 Å². The van der Waals surface area contributed by atoms with E-state index in [2.05, 4.69) is 51.5 Å². The van der Waals surface area contributed by atoms with Crippen molar-refractivity contribution in [2.45, 2.75) is 31.8 Å². The molecule has 3 aromatic carbocycles. The molecule has 3 aromatic rings. The number of hydrogen-bond donors (Lipinski definition) is 1. The number of halogens is 2. The van der Waals surface area contributed by atoms with Crippen molar-refractivity contribution in [3.05, 3.63) is 75.8 Å². The smallest absolute Gasteiger partial charge is 0.251 e. The molecule has 0 radical (unpaired) electrons. The van der Waals surface area contributed by atoms with Crippen LogP contribution >= 0.6 is 23.2 Å². The molecule has 184 valence electrons. The molecule has 0 spiro atoms. The van der Waals surface area contributed by atoms with Gasteiger partial charge in [-0.05, 0) is 67.6 Å². The van der Waals surface area contributed by atoms with Gasteiger partial charge in [-0.1, -0.05) is 53.5 Å². The van der Waals surface area contributed by atoms with Crippen LogP contribution in [0.4, 0.5) is 0 Å². The molecule has 0 saturated carbocycles. The highest BCUT2D eigenvalue weighted by molar-refractivity contribution is 6.42. The van der Waals surface area contributed by atoms with E-state index < -0.39 is 0 Å². The van der Waals surface area contributed by atoms with E-state index in [1.54, 1.807) is 18.2 Å². The predicted octanol–water partition coefficient (Wildman–Crippen LogP) is 5.63. The van der Waals surface area contributed by atoms with Gasteiger partial charge in [0.15, 0.2) is 0 Å². The molecule has 7 heteroatoms. The molecule has 0 aromatic heterocycles. The molecule has 5 rings (SSSR count). The topological polar surface area (TPSA) is 44.8 Å². The molecular formula is C28H31Cl2N3O2. The molecule has 2 aliphatic rings. The van der Waals surface area contributed by atoms with E-state index in [0.717, 1.165) is 50.3 Å². The van der Waals surface area contributed by atoms with E-state index in [4.69, 9.17) is 27.9 Å². The van der Waals surface area contributed by atoms with Gasteiger partial charge in [-0.15, -0.1) is 0 Å². The largest absolute Gasteiger partial charge is 0.492 e. The lowest BCUT2D eigenvalue weighted by Gasteiger charge is -2.20. The lowest BCUT2D eigenvalue weighted by Crippen LogP contribution is -2.37. The Kier molecular flexibility index (Phi) is 7.78. The van der Waals surface area contributed by atoms with E-state index in [-0.39, 0.29) is 11.9 Å². The third-order valence-electron chi connectivity index (χ3n) is 7.02. The summed E-state index contributed by atoms with van der Waals surface area (Å²) in [5.41, 5.74) is 1.81. The summed E-state index contributed by atoms with van der Waals surface area (Å²) in [7, 11) is 0. The molecule has 2 aliphatic heterocycles. The molecule has 0 bridgehead atoms. The first kappa shape index (κ1) is 24.4. The van der Waals surface area contributed by atoms with E-state index in [1.807, 2.05) is 0 Å². The average Bonchev–Trinajstić information content (AvgIpc) is 3.54. The van der Waals surface area contributed by atoms with Crippen LogP contribution in [-0.2, 0) is 6.54 Å². The Labute approximate surface area is 216 Å². The first-order valence-corrected chi connectivity index (χ1v) is 13.2. The van der Waals surface area contributed by atoms with Crippen molar-refractivity contribution >= 4 is 39.9 Å². The van der Waals surface area contributed by atoms with Gasteiger partial charge < -0.3 is 10.1 Å². The number of ether oxygens (including phenoxy) is 1. The molecule has 1 N–H and O–H groups in total. The number of nitrogens with one attached hydrogen (secondary N) is 1. The molecule has 5 nitrogen and oxygen atoms in total. The van der Waals surface area contributed by atoms with Crippen molar-refractivity contribution in [3.8, 4) is 5.75 Å². The van der Waals surface area contributed by atoms with Crippen LogP contribution in [0, 0.1) is 0 Å². The fourth-order valence-corrected chi connectivity index (χ4v) is 5.43. The highest BCUT2D eigenvalue weighted by Gasteiger charge is 2.25. The summed E-state index contributed by atoms with van der Waals surface area (Å²) < 4.78 is 6.20. The van der Waals surface area contributed by atoms with Gasteiger partial charge in [-0.2, -0.15) is 0 Å². The Balaban J connectivity index is 1.20. The number of amides is 1. The highest BCUT2D eigenvalue weighted by Crippen LogP contribution is 2.30. The van der Waals surface area contributed by atoms with E-state index in [0.29, 0.717) is 15.6 Å². The summed E-state index contributed by atoms with van der Waals surface area (Å²) in [6.45, 7) is 6.67. The summed E-state index contributed by atoms with van der Waals surface area (Å²) in [6.07, 6.45) is 3.52. The van der Waals surface area contributed by atoms with Crippen LogP contribution in [0.2, 0.25) is 10.0 Å². The molecule has 0 unspecified atom stereocenters.